The Bertz CT molecular complexity index is 449. The van der Waals surface area contributed by atoms with Crippen molar-refractivity contribution in [2.75, 3.05) is 30.9 Å². The fourth-order valence-corrected chi connectivity index (χ4v) is 5.23. The summed E-state index contributed by atoms with van der Waals surface area (Å²) in [5.74, 6) is 1.82. The molecule has 0 amide bonds. The summed E-state index contributed by atoms with van der Waals surface area (Å²) in [5.41, 5.74) is 5.28. The summed E-state index contributed by atoms with van der Waals surface area (Å²) < 4.78 is 23.6. The number of hydrogen-bond donors (Lipinski definition) is 2. The SMILES string of the molecule is CC(C)(CCCN1CCSCC1S(C)(=O)=O)C(N)=NO. The van der Waals surface area contributed by atoms with Crippen LogP contribution in [0.5, 0.6) is 0 Å². The molecule has 3 N–H and O–H groups in total. The Labute approximate surface area is 125 Å². The molecule has 0 aromatic heterocycles. The van der Waals surface area contributed by atoms with Crippen LogP contribution in [0, 0.1) is 5.41 Å². The predicted molar refractivity (Wildman–Crippen MR) is 84.0 cm³/mol. The quantitative estimate of drug-likeness (QED) is 0.327. The molecule has 8 heteroatoms. The van der Waals surface area contributed by atoms with Crippen LogP contribution >= 0.6 is 11.8 Å². The second-order valence-corrected chi connectivity index (χ2v) is 9.22. The maximum absolute atomic E-state index is 11.8. The fourth-order valence-electron chi connectivity index (χ4n) is 2.25. The average molecular weight is 323 g/mol. The molecule has 1 aliphatic heterocycles. The van der Waals surface area contributed by atoms with Crippen molar-refractivity contribution in [3.05, 3.63) is 0 Å². The van der Waals surface area contributed by atoms with Crippen molar-refractivity contribution in [3.8, 4) is 0 Å². The lowest BCUT2D eigenvalue weighted by Gasteiger charge is -2.34. The minimum Gasteiger partial charge on any atom is -0.409 e. The first-order valence-electron chi connectivity index (χ1n) is 6.67. The van der Waals surface area contributed by atoms with E-state index >= 15 is 0 Å². The Morgan fingerprint density at radius 2 is 2.20 bits per heavy atom. The van der Waals surface area contributed by atoms with Crippen LogP contribution in [0.3, 0.4) is 0 Å². The molecule has 0 aliphatic carbocycles. The third kappa shape index (κ3) is 4.82. The van der Waals surface area contributed by atoms with Crippen molar-refractivity contribution < 1.29 is 13.6 Å². The summed E-state index contributed by atoms with van der Waals surface area (Å²) in [6.07, 6.45) is 2.87. The van der Waals surface area contributed by atoms with Crippen LogP contribution in [0.1, 0.15) is 26.7 Å². The molecular formula is C12H25N3O3S2. The van der Waals surface area contributed by atoms with Gasteiger partial charge in [-0.25, -0.2) is 8.42 Å². The third-order valence-corrected chi connectivity index (χ3v) is 6.42. The molecule has 118 valence electrons. The van der Waals surface area contributed by atoms with E-state index in [9.17, 15) is 8.42 Å². The first kappa shape index (κ1) is 17.6. The van der Waals surface area contributed by atoms with E-state index in [0.717, 1.165) is 31.7 Å². The van der Waals surface area contributed by atoms with Gasteiger partial charge in [-0.3, -0.25) is 4.90 Å². The molecule has 1 fully saturated rings. The van der Waals surface area contributed by atoms with Gasteiger partial charge in [0.15, 0.2) is 9.84 Å². The second kappa shape index (κ2) is 7.00. The number of sulfone groups is 1. The molecule has 1 unspecified atom stereocenters. The van der Waals surface area contributed by atoms with Crippen LogP contribution in [-0.2, 0) is 9.84 Å². The zero-order valence-electron chi connectivity index (χ0n) is 12.4. The van der Waals surface area contributed by atoms with Crippen LogP contribution < -0.4 is 5.73 Å². The Hall–Kier alpha value is -0.470. The standard InChI is InChI=1S/C12H25N3O3S2/c1-12(2,11(13)14-16)5-4-6-15-7-8-19-9-10(15)20(3,17)18/h10,16H,4-9H2,1-3H3,(H2,13,14). The summed E-state index contributed by atoms with van der Waals surface area (Å²) in [6, 6.07) is 0. The first-order chi connectivity index (χ1) is 9.18. The van der Waals surface area contributed by atoms with E-state index in [-0.39, 0.29) is 16.6 Å². The van der Waals surface area contributed by atoms with E-state index in [2.05, 4.69) is 5.16 Å². The number of hydrogen-bond acceptors (Lipinski definition) is 6. The molecule has 1 heterocycles. The van der Waals surface area contributed by atoms with E-state index in [4.69, 9.17) is 10.9 Å². The van der Waals surface area contributed by atoms with Crippen LogP contribution in [0.25, 0.3) is 0 Å². The summed E-state index contributed by atoms with van der Waals surface area (Å²) >= 11 is 1.69. The summed E-state index contributed by atoms with van der Waals surface area (Å²) in [4.78, 5) is 2.04. The second-order valence-electron chi connectivity index (χ2n) is 5.87. The predicted octanol–water partition coefficient (Wildman–Crippen LogP) is 0.959. The molecule has 1 rings (SSSR count). The summed E-state index contributed by atoms with van der Waals surface area (Å²) in [6.45, 7) is 5.36. The molecule has 6 nitrogen and oxygen atoms in total. The minimum absolute atomic E-state index is 0.214. The van der Waals surface area contributed by atoms with E-state index < -0.39 is 9.84 Å². The van der Waals surface area contributed by atoms with Gasteiger partial charge in [-0.2, -0.15) is 11.8 Å². The van der Waals surface area contributed by atoms with E-state index in [1.165, 1.54) is 6.26 Å². The van der Waals surface area contributed by atoms with Crippen LogP contribution in [0.15, 0.2) is 5.16 Å². The van der Waals surface area contributed by atoms with Crippen LogP contribution in [0.4, 0.5) is 0 Å². The van der Waals surface area contributed by atoms with Gasteiger partial charge in [0, 0.05) is 29.7 Å². The molecule has 0 spiro atoms. The van der Waals surface area contributed by atoms with Crippen molar-refractivity contribution in [3.63, 3.8) is 0 Å². The zero-order valence-corrected chi connectivity index (χ0v) is 14.0. The molecule has 1 atom stereocenters. The fraction of sp³-hybridized carbons (Fsp3) is 0.917. The minimum atomic E-state index is -3.05. The number of rotatable bonds is 6. The highest BCUT2D eigenvalue weighted by Gasteiger charge is 2.31. The molecule has 0 aromatic carbocycles. The van der Waals surface area contributed by atoms with Crippen molar-refractivity contribution in [1.29, 1.82) is 0 Å². The Morgan fingerprint density at radius 3 is 2.75 bits per heavy atom. The number of thioether (sulfide) groups is 1. The monoisotopic (exact) mass is 323 g/mol. The van der Waals surface area contributed by atoms with Gasteiger partial charge in [-0.1, -0.05) is 19.0 Å². The lowest BCUT2D eigenvalue weighted by molar-refractivity contribution is 0.252. The van der Waals surface area contributed by atoms with Gasteiger partial charge >= 0.3 is 0 Å². The zero-order chi connectivity index (χ0) is 15.4. The Morgan fingerprint density at radius 1 is 1.55 bits per heavy atom. The lowest BCUT2D eigenvalue weighted by atomic mass is 9.86. The van der Waals surface area contributed by atoms with Gasteiger partial charge in [0.2, 0.25) is 0 Å². The molecule has 1 saturated heterocycles. The highest BCUT2D eigenvalue weighted by atomic mass is 32.2. The van der Waals surface area contributed by atoms with Gasteiger partial charge in [-0.05, 0) is 19.4 Å². The van der Waals surface area contributed by atoms with Crippen molar-refractivity contribution in [2.24, 2.45) is 16.3 Å². The largest absolute Gasteiger partial charge is 0.409 e. The molecule has 0 bridgehead atoms. The molecular weight excluding hydrogens is 298 g/mol. The molecule has 0 radical (unpaired) electrons. The van der Waals surface area contributed by atoms with Gasteiger partial charge in [-0.15, -0.1) is 0 Å². The van der Waals surface area contributed by atoms with Crippen LogP contribution in [0.2, 0.25) is 0 Å². The Balaban J connectivity index is 2.56. The van der Waals surface area contributed by atoms with Crippen molar-refractivity contribution >= 4 is 27.4 Å². The molecule has 0 aromatic rings. The maximum atomic E-state index is 11.8. The van der Waals surface area contributed by atoms with Gasteiger partial charge in [0.1, 0.15) is 11.2 Å². The smallest absolute Gasteiger partial charge is 0.164 e. The van der Waals surface area contributed by atoms with Crippen molar-refractivity contribution in [1.82, 2.24) is 4.90 Å². The maximum Gasteiger partial charge on any atom is 0.164 e. The third-order valence-electron chi connectivity index (χ3n) is 3.73. The highest BCUT2D eigenvalue weighted by Crippen LogP contribution is 2.25. The van der Waals surface area contributed by atoms with Crippen LogP contribution in [-0.4, -0.2) is 60.6 Å². The van der Waals surface area contributed by atoms with Gasteiger partial charge in [0.05, 0.1) is 0 Å². The molecule has 1 aliphatic rings. The number of oxime groups is 1. The van der Waals surface area contributed by atoms with Gasteiger partial charge in [0.25, 0.3) is 0 Å². The lowest BCUT2D eigenvalue weighted by Crippen LogP contribution is -2.47. The number of amidine groups is 1. The molecule has 0 saturated carbocycles. The van der Waals surface area contributed by atoms with E-state index in [0.29, 0.717) is 5.75 Å². The topological polar surface area (TPSA) is 96.0 Å². The van der Waals surface area contributed by atoms with E-state index in [1.54, 1.807) is 11.8 Å². The molecule has 20 heavy (non-hydrogen) atoms. The van der Waals surface area contributed by atoms with Gasteiger partial charge < -0.3 is 10.9 Å². The summed E-state index contributed by atoms with van der Waals surface area (Å²) in [5, 5.41) is 11.4. The first-order valence-corrected chi connectivity index (χ1v) is 9.78. The van der Waals surface area contributed by atoms with E-state index in [1.807, 2.05) is 18.7 Å². The van der Waals surface area contributed by atoms with Crippen molar-refractivity contribution in [2.45, 2.75) is 32.1 Å². The number of nitrogens with zero attached hydrogens (tertiary/aromatic N) is 2. The normalized spacial score (nSPS) is 22.9. The Kier molecular flexibility index (Phi) is 6.15. The average Bonchev–Trinajstić information content (AvgIpc) is 2.37. The number of nitrogens with two attached hydrogens (primary N) is 1. The summed E-state index contributed by atoms with van der Waals surface area (Å²) in [7, 11) is -3.05. The highest BCUT2D eigenvalue weighted by molar-refractivity contribution is 8.00.